The molecular weight excluding hydrogens is 712 g/mol. The fourth-order valence-electron chi connectivity index (χ4n) is 7.56. The first kappa shape index (κ1) is 60.2. The highest BCUT2D eigenvalue weighted by atomic mass is 16.6. The standard InChI is InChI=1S/C17H28O2.C10H16O4.C7H14O.C6H8O3.6CH4/c1-5-16(2,3)15(18)19-17(4)13-7-11-6-12(9-13)10-14(17)8-11;1-4-10(2,3)9(12)14-7-5-8(11)13-6-7;1-6-4-3-5-8-7(6)2;1-3-4(2)6(8)9-5(3)7;;;;;;/h11-14H,5-10H2,1-4H3;7H,4-6H2,1-3H3;6-7H,3-5H2,1-2H3;3-4H,1-2H3;6*1H4. The summed E-state index contributed by atoms with van der Waals surface area (Å²) in [5.74, 6) is 2.05. The van der Waals surface area contributed by atoms with Gasteiger partial charge in [0.15, 0.2) is 0 Å². The molecule has 3 heterocycles. The van der Waals surface area contributed by atoms with Crippen LogP contribution in [0.2, 0.25) is 0 Å². The molecule has 0 aromatic rings. The van der Waals surface area contributed by atoms with Crippen molar-refractivity contribution in [3.8, 4) is 0 Å². The zero-order valence-electron chi connectivity index (χ0n) is 32.8. The van der Waals surface area contributed by atoms with Gasteiger partial charge in [-0.15, -0.1) is 0 Å². The lowest BCUT2D eigenvalue weighted by molar-refractivity contribution is -0.211. The predicted octanol–water partition coefficient (Wildman–Crippen LogP) is 11.4. The van der Waals surface area contributed by atoms with Gasteiger partial charge in [-0.2, -0.15) is 0 Å². The predicted molar refractivity (Wildman–Crippen MR) is 229 cm³/mol. The molecule has 10 nitrogen and oxygen atoms in total. The van der Waals surface area contributed by atoms with Gasteiger partial charge >= 0.3 is 29.8 Å². The van der Waals surface area contributed by atoms with Crippen molar-refractivity contribution in [2.75, 3.05) is 13.2 Å². The quantitative estimate of drug-likeness (QED) is 0.145. The molecule has 56 heavy (non-hydrogen) atoms. The molecule has 5 atom stereocenters. The molecule has 7 aliphatic rings. The third-order valence-corrected chi connectivity index (χ3v) is 12.7. The minimum absolute atomic E-state index is 0. The Bertz CT molecular complexity index is 1150. The second-order valence-electron chi connectivity index (χ2n) is 17.3. The van der Waals surface area contributed by atoms with Crippen LogP contribution in [0.1, 0.15) is 185 Å². The Kier molecular flexibility index (Phi) is 27.0. The number of carbonyl (C=O) groups is 5. The summed E-state index contributed by atoms with van der Waals surface area (Å²) in [6, 6.07) is 0. The Morgan fingerprint density at radius 3 is 1.50 bits per heavy atom. The Labute approximate surface area is 345 Å². The molecule has 0 spiro atoms. The summed E-state index contributed by atoms with van der Waals surface area (Å²) in [5, 5.41) is 0. The lowest BCUT2D eigenvalue weighted by atomic mass is 9.50. The van der Waals surface area contributed by atoms with Crippen molar-refractivity contribution in [3.05, 3.63) is 0 Å². The first-order valence-electron chi connectivity index (χ1n) is 19.2. The van der Waals surface area contributed by atoms with E-state index in [0.29, 0.717) is 24.4 Å². The van der Waals surface area contributed by atoms with Crippen molar-refractivity contribution >= 4 is 29.8 Å². The van der Waals surface area contributed by atoms with Gasteiger partial charge in [-0.05, 0) is 129 Å². The zero-order chi connectivity index (χ0) is 37.6. The molecule has 5 unspecified atom stereocenters. The first-order chi connectivity index (χ1) is 23.2. The summed E-state index contributed by atoms with van der Waals surface area (Å²) >= 11 is 0. The summed E-state index contributed by atoms with van der Waals surface area (Å²) in [5.41, 5.74) is -0.986. The zero-order valence-corrected chi connectivity index (χ0v) is 32.8. The lowest BCUT2D eigenvalue weighted by Crippen LogP contribution is -2.58. The number of carbonyl (C=O) groups excluding carboxylic acids is 5. The Balaban J connectivity index is -0.000000327. The van der Waals surface area contributed by atoms with Crippen LogP contribution in [-0.4, -0.2) is 60.9 Å². The van der Waals surface area contributed by atoms with Crippen LogP contribution < -0.4 is 0 Å². The Morgan fingerprint density at radius 1 is 0.732 bits per heavy atom. The number of hydrogen-bond donors (Lipinski definition) is 0. The number of ether oxygens (including phenoxy) is 5. The Morgan fingerprint density at radius 2 is 1.18 bits per heavy atom. The number of cyclic esters (lactones) is 3. The summed E-state index contributed by atoms with van der Waals surface area (Å²) in [6.45, 7) is 22.9. The summed E-state index contributed by atoms with van der Waals surface area (Å²) in [4.78, 5) is 55.9. The monoisotopic (exact) mass is 803 g/mol. The average Bonchev–Trinajstić information content (AvgIpc) is 3.57. The van der Waals surface area contributed by atoms with Gasteiger partial charge in [0.2, 0.25) is 0 Å². The first-order valence-corrected chi connectivity index (χ1v) is 19.2. The maximum absolute atomic E-state index is 12.5. The van der Waals surface area contributed by atoms with E-state index in [1.54, 1.807) is 13.8 Å². The van der Waals surface area contributed by atoms with Crippen molar-refractivity contribution < 1.29 is 47.7 Å². The van der Waals surface area contributed by atoms with E-state index in [4.69, 9.17) is 18.9 Å². The largest absolute Gasteiger partial charge is 0.462 e. The third-order valence-electron chi connectivity index (χ3n) is 12.7. The van der Waals surface area contributed by atoms with Crippen LogP contribution in [0.5, 0.6) is 0 Å². The van der Waals surface area contributed by atoms with Gasteiger partial charge in [-0.3, -0.25) is 24.0 Å². The van der Waals surface area contributed by atoms with Crippen LogP contribution in [-0.2, 0) is 47.7 Å². The molecular formula is C46H90O10. The number of esters is 5. The van der Waals surface area contributed by atoms with E-state index >= 15 is 0 Å². The molecule has 3 aliphatic heterocycles. The third kappa shape index (κ3) is 15.4. The van der Waals surface area contributed by atoms with E-state index in [-0.39, 0.29) is 104 Å². The molecule has 7 rings (SSSR count). The molecule has 0 amide bonds. The fraction of sp³-hybridized carbons (Fsp3) is 0.891. The normalized spacial score (nSPS) is 31.8. The van der Waals surface area contributed by atoms with Crippen molar-refractivity contribution in [3.63, 3.8) is 0 Å². The SMILES string of the molecule is C.C.C.C.C.C.CC1C(=O)OC(=O)C1C.CC1CCCOC1C.CCC(C)(C)C(=O)OC1(C)C2CC3CC(C2)CC1C3.CCC(C)(C)C(=O)OC1COC(=O)C1. The van der Waals surface area contributed by atoms with Crippen LogP contribution in [0.3, 0.4) is 0 Å². The maximum Gasteiger partial charge on any atom is 0.317 e. The smallest absolute Gasteiger partial charge is 0.317 e. The van der Waals surface area contributed by atoms with E-state index in [9.17, 15) is 24.0 Å². The molecule has 334 valence electrons. The summed E-state index contributed by atoms with van der Waals surface area (Å²) < 4.78 is 25.7. The van der Waals surface area contributed by atoms with E-state index in [1.807, 2.05) is 34.6 Å². The minimum atomic E-state index is -0.481. The van der Waals surface area contributed by atoms with Crippen molar-refractivity contribution in [1.82, 2.24) is 0 Å². The molecule has 4 aliphatic carbocycles. The van der Waals surface area contributed by atoms with Crippen molar-refractivity contribution in [1.29, 1.82) is 0 Å². The van der Waals surface area contributed by atoms with Crippen LogP contribution >= 0.6 is 0 Å². The molecule has 0 aromatic heterocycles. The number of hydrogen-bond acceptors (Lipinski definition) is 10. The van der Waals surface area contributed by atoms with E-state index < -0.39 is 17.4 Å². The number of rotatable bonds is 6. The Hall–Kier alpha value is -2.49. The van der Waals surface area contributed by atoms with E-state index in [2.05, 4.69) is 32.4 Å². The maximum atomic E-state index is 12.5. The topological polar surface area (TPSA) is 132 Å². The van der Waals surface area contributed by atoms with Gasteiger partial charge in [0.1, 0.15) is 18.3 Å². The lowest BCUT2D eigenvalue weighted by Gasteiger charge is -2.59. The van der Waals surface area contributed by atoms with Gasteiger partial charge in [0.05, 0.1) is 35.2 Å². The summed E-state index contributed by atoms with van der Waals surface area (Å²) in [6.07, 6.45) is 11.1. The van der Waals surface area contributed by atoms with Gasteiger partial charge in [0, 0.05) is 6.61 Å². The van der Waals surface area contributed by atoms with Crippen molar-refractivity contribution in [2.45, 2.75) is 203 Å². The van der Waals surface area contributed by atoms with Gasteiger partial charge in [0.25, 0.3) is 0 Å². The van der Waals surface area contributed by atoms with Crippen LogP contribution in [0, 0.1) is 52.3 Å². The second-order valence-corrected chi connectivity index (χ2v) is 17.3. The molecule has 0 radical (unpaired) electrons. The molecule has 0 aromatic carbocycles. The minimum Gasteiger partial charge on any atom is -0.462 e. The highest BCUT2D eigenvalue weighted by Crippen LogP contribution is 2.59. The van der Waals surface area contributed by atoms with Crippen LogP contribution in [0.15, 0.2) is 0 Å². The average molecular weight is 803 g/mol. The highest BCUT2D eigenvalue weighted by molar-refractivity contribution is 5.95. The van der Waals surface area contributed by atoms with Gasteiger partial charge < -0.3 is 23.7 Å². The molecule has 7 fully saturated rings. The summed E-state index contributed by atoms with van der Waals surface area (Å²) in [7, 11) is 0. The molecule has 3 saturated heterocycles. The highest BCUT2D eigenvalue weighted by Gasteiger charge is 2.57. The molecule has 4 bridgehead atoms. The fourth-order valence-corrected chi connectivity index (χ4v) is 7.56. The molecule has 4 saturated carbocycles. The van der Waals surface area contributed by atoms with Crippen LogP contribution in [0.25, 0.3) is 0 Å². The van der Waals surface area contributed by atoms with E-state index in [1.165, 1.54) is 44.9 Å². The van der Waals surface area contributed by atoms with Crippen molar-refractivity contribution in [2.24, 2.45) is 52.3 Å². The molecule has 10 heteroatoms. The van der Waals surface area contributed by atoms with Gasteiger partial charge in [-0.25, -0.2) is 0 Å². The van der Waals surface area contributed by atoms with E-state index in [0.717, 1.165) is 30.8 Å². The van der Waals surface area contributed by atoms with Crippen LogP contribution in [0.4, 0.5) is 0 Å². The van der Waals surface area contributed by atoms with Gasteiger partial charge in [-0.1, -0.05) is 79.2 Å². The second kappa shape index (κ2) is 25.1. The molecule has 0 N–H and O–H groups in total.